The Hall–Kier alpha value is -2.01. The minimum Gasteiger partial charge on any atom is -0.494 e. The number of rotatable bonds is 5. The van der Waals surface area contributed by atoms with Gasteiger partial charge in [-0.3, -0.25) is 4.68 Å². The van der Waals surface area contributed by atoms with Gasteiger partial charge in [0.15, 0.2) is 0 Å². The van der Waals surface area contributed by atoms with Crippen LogP contribution in [0, 0.1) is 0 Å². The zero-order chi connectivity index (χ0) is 14.8. The standard InChI is InChI=1S/C15H17ClN4O/c1-19-9-11(8-17-19)10-20-12-4-3-5-13(21-2)15(12)18-14(20)6-7-16/h3-5,8-9H,6-7,10H2,1-2H3. The zero-order valence-electron chi connectivity index (χ0n) is 12.1. The number of ether oxygens (including phenoxy) is 1. The fraction of sp³-hybridized carbons (Fsp3) is 0.333. The number of hydrogen-bond acceptors (Lipinski definition) is 3. The first-order chi connectivity index (χ1) is 10.2. The van der Waals surface area contributed by atoms with Crippen LogP contribution in [-0.4, -0.2) is 32.3 Å². The highest BCUT2D eigenvalue weighted by Crippen LogP contribution is 2.26. The average molecular weight is 305 g/mol. The number of fused-ring (bicyclic) bond motifs is 1. The van der Waals surface area contributed by atoms with E-state index in [0.717, 1.165) is 41.1 Å². The van der Waals surface area contributed by atoms with Crippen LogP contribution in [0.25, 0.3) is 11.0 Å². The topological polar surface area (TPSA) is 44.9 Å². The van der Waals surface area contributed by atoms with E-state index >= 15 is 0 Å². The minimum absolute atomic E-state index is 0.540. The van der Waals surface area contributed by atoms with Crippen molar-refractivity contribution in [1.29, 1.82) is 0 Å². The monoisotopic (exact) mass is 304 g/mol. The molecule has 0 aliphatic rings. The summed E-state index contributed by atoms with van der Waals surface area (Å²) in [6.07, 6.45) is 4.60. The zero-order valence-corrected chi connectivity index (χ0v) is 12.8. The van der Waals surface area contributed by atoms with Gasteiger partial charge in [-0.25, -0.2) is 4.98 Å². The number of para-hydroxylation sites is 1. The third kappa shape index (κ3) is 2.61. The van der Waals surface area contributed by atoms with Gasteiger partial charge < -0.3 is 9.30 Å². The van der Waals surface area contributed by atoms with Gasteiger partial charge in [-0.15, -0.1) is 11.6 Å². The van der Waals surface area contributed by atoms with Crippen molar-refractivity contribution in [2.75, 3.05) is 13.0 Å². The van der Waals surface area contributed by atoms with Gasteiger partial charge in [-0.1, -0.05) is 6.07 Å². The smallest absolute Gasteiger partial charge is 0.146 e. The molecule has 0 spiro atoms. The first kappa shape index (κ1) is 13.9. The van der Waals surface area contributed by atoms with Gasteiger partial charge in [0.1, 0.15) is 17.1 Å². The van der Waals surface area contributed by atoms with E-state index in [0.29, 0.717) is 5.88 Å². The molecule has 0 fully saturated rings. The first-order valence-corrected chi connectivity index (χ1v) is 7.32. The number of alkyl halides is 1. The van der Waals surface area contributed by atoms with Gasteiger partial charge in [0.25, 0.3) is 0 Å². The Morgan fingerprint density at radius 1 is 1.33 bits per heavy atom. The molecule has 0 saturated heterocycles. The number of nitrogens with zero attached hydrogens (tertiary/aromatic N) is 4. The second-order valence-electron chi connectivity index (χ2n) is 4.90. The summed E-state index contributed by atoms with van der Waals surface area (Å²) in [5, 5.41) is 4.22. The summed E-state index contributed by atoms with van der Waals surface area (Å²) in [5.41, 5.74) is 3.07. The Kier molecular flexibility index (Phi) is 3.84. The van der Waals surface area contributed by atoms with Gasteiger partial charge in [0.2, 0.25) is 0 Å². The lowest BCUT2D eigenvalue weighted by atomic mass is 10.2. The molecular formula is C15H17ClN4O. The molecular weight excluding hydrogens is 288 g/mol. The molecule has 0 saturated carbocycles. The molecule has 110 valence electrons. The number of halogens is 1. The number of aryl methyl sites for hydroxylation is 2. The quantitative estimate of drug-likeness (QED) is 0.681. The lowest BCUT2D eigenvalue weighted by molar-refractivity contribution is 0.419. The molecule has 1 aromatic carbocycles. The van der Waals surface area contributed by atoms with Crippen molar-refractivity contribution in [3.8, 4) is 5.75 Å². The van der Waals surface area contributed by atoms with Crippen LogP contribution in [-0.2, 0) is 20.0 Å². The Bertz CT molecular complexity index is 762. The van der Waals surface area contributed by atoms with Crippen molar-refractivity contribution < 1.29 is 4.74 Å². The van der Waals surface area contributed by atoms with Crippen molar-refractivity contribution in [3.05, 3.63) is 42.0 Å². The van der Waals surface area contributed by atoms with Gasteiger partial charge in [0, 0.05) is 31.1 Å². The Morgan fingerprint density at radius 3 is 2.86 bits per heavy atom. The van der Waals surface area contributed by atoms with Gasteiger partial charge in [0.05, 0.1) is 25.4 Å². The molecule has 2 aromatic heterocycles. The second kappa shape index (κ2) is 5.77. The number of aromatic nitrogens is 4. The molecule has 6 heteroatoms. The molecule has 0 N–H and O–H groups in total. The first-order valence-electron chi connectivity index (χ1n) is 6.78. The molecule has 3 rings (SSSR count). The molecule has 0 aliphatic heterocycles. The molecule has 21 heavy (non-hydrogen) atoms. The predicted molar refractivity (Wildman–Crippen MR) is 83.0 cm³/mol. The van der Waals surface area contributed by atoms with Crippen molar-refractivity contribution >= 4 is 22.6 Å². The summed E-state index contributed by atoms with van der Waals surface area (Å²) in [7, 11) is 3.58. The van der Waals surface area contributed by atoms with E-state index < -0.39 is 0 Å². The third-order valence-corrected chi connectivity index (χ3v) is 3.65. The summed E-state index contributed by atoms with van der Waals surface area (Å²) in [4.78, 5) is 4.70. The van der Waals surface area contributed by atoms with E-state index in [-0.39, 0.29) is 0 Å². The fourth-order valence-electron chi connectivity index (χ4n) is 2.52. The van der Waals surface area contributed by atoms with Crippen LogP contribution in [0.1, 0.15) is 11.4 Å². The van der Waals surface area contributed by atoms with Gasteiger partial charge in [-0.2, -0.15) is 5.10 Å². The molecule has 0 bridgehead atoms. The van der Waals surface area contributed by atoms with Crippen LogP contribution in [0.2, 0.25) is 0 Å². The van der Waals surface area contributed by atoms with Crippen LogP contribution in [0.5, 0.6) is 5.75 Å². The number of imidazole rings is 1. The molecule has 3 aromatic rings. The highest BCUT2D eigenvalue weighted by Gasteiger charge is 2.14. The summed E-state index contributed by atoms with van der Waals surface area (Å²) >= 11 is 5.92. The van der Waals surface area contributed by atoms with E-state index in [1.807, 2.05) is 31.6 Å². The average Bonchev–Trinajstić information content (AvgIpc) is 3.04. The molecule has 0 amide bonds. The minimum atomic E-state index is 0.540. The normalized spacial score (nSPS) is 11.2. The SMILES string of the molecule is COc1cccc2c1nc(CCCl)n2Cc1cnn(C)c1. The summed E-state index contributed by atoms with van der Waals surface area (Å²) in [5.74, 6) is 2.29. The largest absolute Gasteiger partial charge is 0.494 e. The second-order valence-corrected chi connectivity index (χ2v) is 5.28. The number of hydrogen-bond donors (Lipinski definition) is 0. The van der Waals surface area contributed by atoms with E-state index in [1.165, 1.54) is 0 Å². The molecule has 0 aliphatic carbocycles. The summed E-state index contributed by atoms with van der Waals surface area (Å²) in [6, 6.07) is 5.96. The number of methoxy groups -OCH3 is 1. The van der Waals surface area contributed by atoms with E-state index in [4.69, 9.17) is 21.3 Å². The lowest BCUT2D eigenvalue weighted by Crippen LogP contribution is -2.05. The van der Waals surface area contributed by atoms with E-state index in [9.17, 15) is 0 Å². The van der Waals surface area contributed by atoms with Crippen molar-refractivity contribution in [2.45, 2.75) is 13.0 Å². The van der Waals surface area contributed by atoms with Crippen LogP contribution >= 0.6 is 11.6 Å². The van der Waals surface area contributed by atoms with Crippen molar-refractivity contribution in [3.63, 3.8) is 0 Å². The van der Waals surface area contributed by atoms with Crippen LogP contribution < -0.4 is 4.74 Å². The molecule has 0 unspecified atom stereocenters. The maximum Gasteiger partial charge on any atom is 0.146 e. The Balaban J connectivity index is 2.11. The Morgan fingerprint density at radius 2 is 2.19 bits per heavy atom. The van der Waals surface area contributed by atoms with Crippen LogP contribution in [0.4, 0.5) is 0 Å². The van der Waals surface area contributed by atoms with Gasteiger partial charge in [-0.05, 0) is 12.1 Å². The Labute approximate surface area is 128 Å². The van der Waals surface area contributed by atoms with E-state index in [1.54, 1.807) is 11.8 Å². The summed E-state index contributed by atoms with van der Waals surface area (Å²) in [6.45, 7) is 0.726. The molecule has 5 nitrogen and oxygen atoms in total. The fourth-order valence-corrected chi connectivity index (χ4v) is 2.69. The molecule has 0 radical (unpaired) electrons. The molecule has 0 atom stereocenters. The van der Waals surface area contributed by atoms with Crippen LogP contribution in [0.3, 0.4) is 0 Å². The third-order valence-electron chi connectivity index (χ3n) is 3.46. The highest BCUT2D eigenvalue weighted by molar-refractivity contribution is 6.17. The van der Waals surface area contributed by atoms with Gasteiger partial charge >= 0.3 is 0 Å². The van der Waals surface area contributed by atoms with Crippen molar-refractivity contribution in [1.82, 2.24) is 19.3 Å². The van der Waals surface area contributed by atoms with Crippen LogP contribution in [0.15, 0.2) is 30.6 Å². The molecule has 2 heterocycles. The van der Waals surface area contributed by atoms with Crippen molar-refractivity contribution in [2.24, 2.45) is 7.05 Å². The maximum atomic E-state index is 5.92. The summed E-state index contributed by atoms with van der Waals surface area (Å²) < 4.78 is 9.38. The predicted octanol–water partition coefficient (Wildman–Crippen LogP) is 2.61. The van der Waals surface area contributed by atoms with E-state index in [2.05, 4.69) is 15.7 Å². The lowest BCUT2D eigenvalue weighted by Gasteiger charge is -2.07. The number of benzene rings is 1. The maximum absolute atomic E-state index is 5.92. The highest BCUT2D eigenvalue weighted by atomic mass is 35.5.